The van der Waals surface area contributed by atoms with Crippen molar-refractivity contribution < 1.29 is 26.9 Å². The molecule has 0 aromatic heterocycles. The number of anilines is 2. The summed E-state index contributed by atoms with van der Waals surface area (Å²) in [5.41, 5.74) is 2.29. The molecule has 0 heterocycles. The molecule has 0 unspecified atom stereocenters. The van der Waals surface area contributed by atoms with Crippen LogP contribution in [0, 0.1) is 10.1 Å². The summed E-state index contributed by atoms with van der Waals surface area (Å²) in [7, 11) is 10.9. The zero-order valence-corrected chi connectivity index (χ0v) is 23.9. The topological polar surface area (TPSA) is 133 Å². The van der Waals surface area contributed by atoms with E-state index < -0.39 is 16.7 Å². The van der Waals surface area contributed by atoms with E-state index in [0.717, 1.165) is 34.9 Å². The fourth-order valence-electron chi connectivity index (χ4n) is 3.97. The van der Waals surface area contributed by atoms with Gasteiger partial charge in [-0.05, 0) is 54.6 Å². The van der Waals surface area contributed by atoms with E-state index in [-0.39, 0.29) is 29.2 Å². The molecular weight excluding hydrogens is 534 g/mol. The van der Waals surface area contributed by atoms with E-state index in [0.29, 0.717) is 11.4 Å². The van der Waals surface area contributed by atoms with Crippen LogP contribution in [0.25, 0.3) is 0 Å². The van der Waals surface area contributed by atoms with Gasteiger partial charge in [-0.25, -0.2) is 0 Å². The highest BCUT2D eigenvalue weighted by molar-refractivity contribution is 6.10. The van der Waals surface area contributed by atoms with Crippen LogP contribution in [0.3, 0.4) is 0 Å². The van der Waals surface area contributed by atoms with Crippen molar-refractivity contribution >= 4 is 40.5 Å². The maximum atomic E-state index is 13.0. The van der Waals surface area contributed by atoms with Crippen molar-refractivity contribution in [3.8, 4) is 0 Å². The second-order valence-electron chi connectivity index (χ2n) is 8.97. The van der Waals surface area contributed by atoms with E-state index in [2.05, 4.69) is 20.6 Å². The monoisotopic (exact) mass is 564 g/mol. The van der Waals surface area contributed by atoms with Crippen molar-refractivity contribution in [3.05, 3.63) is 99.1 Å². The van der Waals surface area contributed by atoms with Gasteiger partial charge in [-0.15, -0.1) is 0 Å². The van der Waals surface area contributed by atoms with E-state index in [1.54, 1.807) is 38.4 Å². The van der Waals surface area contributed by atoms with Gasteiger partial charge >= 0.3 is 0 Å². The van der Waals surface area contributed by atoms with Crippen LogP contribution in [0.5, 0.6) is 0 Å². The van der Waals surface area contributed by atoms with Crippen LogP contribution in [0.4, 0.5) is 17.1 Å². The average molecular weight is 565 g/mol. The van der Waals surface area contributed by atoms with Crippen LogP contribution in [0.15, 0.2) is 76.7 Å². The first-order chi connectivity index (χ1) is 18.5. The molecule has 40 heavy (non-hydrogen) atoms. The van der Waals surface area contributed by atoms with Gasteiger partial charge in [-0.3, -0.25) is 29.7 Å². The van der Waals surface area contributed by atoms with E-state index in [1.807, 2.05) is 62.3 Å². The Hall–Kier alpha value is -4.77. The second-order valence-corrected chi connectivity index (χ2v) is 8.97. The van der Waals surface area contributed by atoms with Crippen LogP contribution in [-0.4, -0.2) is 80.5 Å². The molecule has 0 saturated carbocycles. The van der Waals surface area contributed by atoms with Gasteiger partial charge in [0.15, 0.2) is 0 Å². The van der Waals surface area contributed by atoms with E-state index in [1.165, 1.54) is 6.07 Å². The van der Waals surface area contributed by atoms with Gasteiger partial charge in [0.1, 0.15) is 11.7 Å². The lowest BCUT2D eigenvalue weighted by atomic mass is 10.1. The standard InChI is InChI=1S/C28H31N7O4.ClH/c1-29-25(33(3)4)18-7-11-22(12-8-18)31-27(36)20-15-21(17-24(16-20)35(38)39)28(37)32-23-13-9-19(10-14-23)26(30-2)34(5)6;/h7-17H,1-6H3,(H,31,36)(H,32,37);1H/p-1. The molecule has 3 rings (SSSR count). The Bertz CT molecular complexity index is 1330. The minimum absolute atomic E-state index is 0. The van der Waals surface area contributed by atoms with Crippen molar-refractivity contribution in [2.75, 3.05) is 52.9 Å². The fourth-order valence-corrected chi connectivity index (χ4v) is 3.97. The Morgan fingerprint density at radius 1 is 0.675 bits per heavy atom. The van der Waals surface area contributed by atoms with Crippen LogP contribution in [-0.2, 0) is 0 Å². The molecule has 2 amide bonds. The van der Waals surface area contributed by atoms with Crippen LogP contribution in [0.2, 0.25) is 0 Å². The van der Waals surface area contributed by atoms with Crippen LogP contribution in [0.1, 0.15) is 31.8 Å². The highest BCUT2D eigenvalue weighted by Gasteiger charge is 2.19. The maximum Gasteiger partial charge on any atom is 0.271 e. The predicted octanol–water partition coefficient (Wildman–Crippen LogP) is 0.979. The quantitative estimate of drug-likeness (QED) is 0.190. The number of benzene rings is 3. The molecule has 0 aliphatic carbocycles. The number of aliphatic imine (C=N–C) groups is 2. The summed E-state index contributed by atoms with van der Waals surface area (Å²) in [6.45, 7) is 0. The van der Waals surface area contributed by atoms with Gasteiger partial charge in [0.05, 0.1) is 4.92 Å². The zero-order valence-electron chi connectivity index (χ0n) is 23.1. The Kier molecular flexibility index (Phi) is 10.9. The molecule has 0 saturated heterocycles. The number of rotatable bonds is 7. The van der Waals surface area contributed by atoms with Gasteiger partial charge < -0.3 is 32.8 Å². The summed E-state index contributed by atoms with van der Waals surface area (Å²) in [5.74, 6) is 0.371. The number of amides is 2. The molecule has 2 N–H and O–H groups in total. The molecule has 0 aliphatic heterocycles. The number of hydrogen-bond donors (Lipinski definition) is 2. The lowest BCUT2D eigenvalue weighted by Gasteiger charge is -2.16. The normalized spacial score (nSPS) is 11.2. The van der Waals surface area contributed by atoms with Crippen molar-refractivity contribution in [1.82, 2.24) is 9.80 Å². The largest absolute Gasteiger partial charge is 1.00 e. The fraction of sp³-hybridized carbons (Fsp3) is 0.214. The maximum absolute atomic E-state index is 13.0. The van der Waals surface area contributed by atoms with E-state index in [4.69, 9.17) is 0 Å². The smallest absolute Gasteiger partial charge is 0.271 e. The first-order valence-corrected chi connectivity index (χ1v) is 11.9. The molecule has 0 spiro atoms. The Morgan fingerprint density at radius 2 is 1.02 bits per heavy atom. The minimum Gasteiger partial charge on any atom is -1.00 e. The van der Waals surface area contributed by atoms with Gasteiger partial charge in [0.25, 0.3) is 17.5 Å². The third kappa shape index (κ3) is 7.64. The van der Waals surface area contributed by atoms with E-state index in [9.17, 15) is 19.7 Å². The summed E-state index contributed by atoms with van der Waals surface area (Å²) in [6, 6.07) is 17.7. The third-order valence-electron chi connectivity index (χ3n) is 5.73. The summed E-state index contributed by atoms with van der Waals surface area (Å²) in [5, 5.41) is 17.0. The van der Waals surface area contributed by atoms with Crippen molar-refractivity contribution in [3.63, 3.8) is 0 Å². The molecular formula is C28H31ClN7O4-. The summed E-state index contributed by atoms with van der Waals surface area (Å²) < 4.78 is 0. The zero-order chi connectivity index (χ0) is 28.7. The molecule has 11 nitrogen and oxygen atoms in total. The van der Waals surface area contributed by atoms with Crippen LogP contribution >= 0.6 is 0 Å². The molecule has 3 aromatic rings. The Balaban J connectivity index is 0.00000560. The number of amidine groups is 2. The van der Waals surface area contributed by atoms with E-state index >= 15 is 0 Å². The van der Waals surface area contributed by atoms with Gasteiger partial charge in [0.2, 0.25) is 0 Å². The molecule has 0 atom stereocenters. The summed E-state index contributed by atoms with van der Waals surface area (Å²) in [4.78, 5) is 49.1. The highest BCUT2D eigenvalue weighted by Crippen LogP contribution is 2.21. The predicted molar refractivity (Wildman–Crippen MR) is 154 cm³/mol. The molecule has 0 aliphatic rings. The van der Waals surface area contributed by atoms with Gasteiger partial charge in [-0.2, -0.15) is 0 Å². The SMILES string of the molecule is CN=C(c1ccc(NC(=O)c2cc(C(=O)Nc3ccc(C(=NC)N(C)C)cc3)cc([N+](=O)[O-])c2)cc1)N(C)C.[Cl-]. The molecule has 3 aromatic carbocycles. The van der Waals surface area contributed by atoms with Crippen molar-refractivity contribution in [2.45, 2.75) is 0 Å². The number of carbonyl (C=O) groups excluding carboxylic acids is 2. The highest BCUT2D eigenvalue weighted by atomic mass is 35.5. The number of nitrogens with zero attached hydrogens (tertiary/aromatic N) is 5. The number of nitrogens with one attached hydrogen (secondary N) is 2. The summed E-state index contributed by atoms with van der Waals surface area (Å²) in [6.07, 6.45) is 0. The molecule has 0 fully saturated rings. The molecule has 210 valence electrons. The van der Waals surface area contributed by atoms with Gasteiger partial charge in [-0.1, -0.05) is 0 Å². The first kappa shape index (κ1) is 31.4. The number of nitro groups is 1. The number of halogens is 1. The third-order valence-corrected chi connectivity index (χ3v) is 5.73. The lowest BCUT2D eigenvalue weighted by molar-refractivity contribution is -0.384. The number of nitro benzene ring substituents is 1. The van der Waals surface area contributed by atoms with Crippen LogP contribution < -0.4 is 23.0 Å². The number of hydrogen-bond acceptors (Lipinski definition) is 6. The van der Waals surface area contributed by atoms with Crippen molar-refractivity contribution in [2.24, 2.45) is 9.98 Å². The Morgan fingerprint density at radius 3 is 1.30 bits per heavy atom. The molecule has 12 heteroatoms. The number of non-ortho nitro benzene ring substituents is 1. The molecule has 0 radical (unpaired) electrons. The Labute approximate surface area is 239 Å². The second kappa shape index (κ2) is 13.9. The minimum atomic E-state index is -0.642. The lowest BCUT2D eigenvalue weighted by Crippen LogP contribution is -3.00. The number of carbonyl (C=O) groups is 2. The molecule has 0 bridgehead atoms. The first-order valence-electron chi connectivity index (χ1n) is 11.9. The van der Waals surface area contributed by atoms with Gasteiger partial charge in [0, 0.05) is 88.0 Å². The average Bonchev–Trinajstić information content (AvgIpc) is 2.90. The van der Waals surface area contributed by atoms with Crippen molar-refractivity contribution in [1.29, 1.82) is 0 Å². The summed E-state index contributed by atoms with van der Waals surface area (Å²) >= 11 is 0.